The first-order valence-electron chi connectivity index (χ1n) is 18.0. The Bertz CT molecular complexity index is 1490. The number of carbonyl (C=O) groups is 2. The summed E-state index contributed by atoms with van der Waals surface area (Å²) in [4.78, 5) is 25.7. The number of benzene rings is 3. The molecule has 1 aliphatic heterocycles. The standard InChI is InChI=1S/C28H27N3O4.C5H10O.C3H8.C2H4O.C2H6.CH5N/c1-33-26-16-23-24(17-27(26)34-18-21-8-5-14-29-21)30-15-13-25(23)35-22-11-9-20(10-12-22)31-28(32)19-6-3-2-4-7-19;6-5-3-1-2-4-5;1-3-2;1-2-3;2*1-2/h2-4,6-7,9-13,15-17,21,29H,5,8,14,18H2,1H3,(H,31,32);5-6H,1-4H2;3H2,1-2H3;2H,1H3;1-2H3;2H2,1H3/t21-;;;;;/m0...../s1. The molecule has 0 radical (unpaired) electrons. The van der Waals surface area contributed by atoms with Crippen LogP contribution < -0.4 is 30.6 Å². The van der Waals surface area contributed by atoms with Crippen molar-refractivity contribution >= 4 is 28.8 Å². The zero-order valence-corrected chi connectivity index (χ0v) is 31.6. The number of hydrogen-bond donors (Lipinski definition) is 4. The number of carbonyl (C=O) groups excluding carboxylic acids is 2. The Hall–Kier alpha value is -4.51. The lowest BCUT2D eigenvalue weighted by Crippen LogP contribution is -2.28. The Morgan fingerprint density at radius 3 is 2.10 bits per heavy atom. The Morgan fingerprint density at radius 1 is 0.941 bits per heavy atom. The number of ether oxygens (including phenoxy) is 3. The summed E-state index contributed by atoms with van der Waals surface area (Å²) in [6.45, 7) is 11.3. The monoisotopic (exact) mass is 704 g/mol. The second-order valence-corrected chi connectivity index (χ2v) is 11.3. The molecule has 4 aromatic rings. The van der Waals surface area contributed by atoms with E-state index in [1.54, 1.807) is 25.4 Å². The van der Waals surface area contributed by atoms with Crippen molar-refractivity contribution in [3.05, 3.63) is 84.6 Å². The second kappa shape index (κ2) is 27.2. The van der Waals surface area contributed by atoms with E-state index in [9.17, 15) is 4.79 Å². The van der Waals surface area contributed by atoms with Gasteiger partial charge in [0.05, 0.1) is 18.7 Å². The molecule has 1 amide bonds. The van der Waals surface area contributed by atoms with E-state index in [0.29, 0.717) is 46.9 Å². The van der Waals surface area contributed by atoms with Crippen LogP contribution in [0.15, 0.2) is 79.0 Å². The average molecular weight is 705 g/mol. The van der Waals surface area contributed by atoms with Crippen molar-refractivity contribution in [3.8, 4) is 23.0 Å². The molecule has 280 valence electrons. The molecule has 1 atom stereocenters. The van der Waals surface area contributed by atoms with E-state index in [0.717, 1.165) is 43.0 Å². The molecule has 0 spiro atoms. The van der Waals surface area contributed by atoms with E-state index >= 15 is 0 Å². The van der Waals surface area contributed by atoms with Gasteiger partial charge in [-0.05, 0) is 94.7 Å². The lowest BCUT2D eigenvalue weighted by molar-refractivity contribution is -0.106. The van der Waals surface area contributed by atoms with E-state index < -0.39 is 0 Å². The van der Waals surface area contributed by atoms with Gasteiger partial charge in [-0.2, -0.15) is 0 Å². The molecule has 1 saturated carbocycles. The van der Waals surface area contributed by atoms with Crippen molar-refractivity contribution in [2.45, 2.75) is 91.7 Å². The predicted molar refractivity (Wildman–Crippen MR) is 209 cm³/mol. The van der Waals surface area contributed by atoms with Gasteiger partial charge in [0.15, 0.2) is 11.5 Å². The highest BCUT2D eigenvalue weighted by molar-refractivity contribution is 6.04. The predicted octanol–water partition coefficient (Wildman–Crippen LogP) is 8.56. The molecule has 5 N–H and O–H groups in total. The summed E-state index contributed by atoms with van der Waals surface area (Å²) in [6, 6.07) is 22.3. The normalized spacial score (nSPS) is 14.2. The van der Waals surface area contributed by atoms with Gasteiger partial charge in [0.25, 0.3) is 5.91 Å². The summed E-state index contributed by atoms with van der Waals surface area (Å²) in [6.07, 6.45) is 10.6. The number of methoxy groups -OCH3 is 1. The van der Waals surface area contributed by atoms with Gasteiger partial charge in [-0.1, -0.05) is 65.2 Å². The summed E-state index contributed by atoms with van der Waals surface area (Å²) < 4.78 is 17.8. The lowest BCUT2D eigenvalue weighted by Gasteiger charge is -2.16. The Balaban J connectivity index is 0.000000687. The average Bonchev–Trinajstić information content (AvgIpc) is 3.89. The molecule has 1 aliphatic carbocycles. The summed E-state index contributed by atoms with van der Waals surface area (Å²) in [5, 5.41) is 15.9. The highest BCUT2D eigenvalue weighted by Crippen LogP contribution is 2.37. The van der Waals surface area contributed by atoms with E-state index in [-0.39, 0.29) is 12.0 Å². The summed E-state index contributed by atoms with van der Waals surface area (Å²) >= 11 is 0. The first-order chi connectivity index (χ1) is 24.9. The van der Waals surface area contributed by atoms with Gasteiger partial charge in [0.2, 0.25) is 0 Å². The Kier molecular flexibility index (Phi) is 23.8. The van der Waals surface area contributed by atoms with Crippen LogP contribution in [0.3, 0.4) is 0 Å². The molecule has 10 nitrogen and oxygen atoms in total. The number of nitrogens with zero attached hydrogens (tertiary/aromatic N) is 1. The number of nitrogens with two attached hydrogens (primary N) is 1. The van der Waals surface area contributed by atoms with Crippen molar-refractivity contribution in [1.82, 2.24) is 10.3 Å². The van der Waals surface area contributed by atoms with Crippen LogP contribution in [0.4, 0.5) is 5.69 Å². The molecule has 1 aromatic heterocycles. The number of aliphatic hydroxyl groups excluding tert-OH is 1. The number of nitrogens with one attached hydrogen (secondary N) is 2. The number of fused-ring (bicyclic) bond motifs is 1. The molecule has 1 saturated heterocycles. The lowest BCUT2D eigenvalue weighted by atomic mass is 10.1. The molecular weight excluding hydrogens is 644 g/mol. The molecule has 2 heterocycles. The van der Waals surface area contributed by atoms with Crippen molar-refractivity contribution < 1.29 is 28.9 Å². The van der Waals surface area contributed by atoms with E-state index in [1.807, 2.05) is 74.5 Å². The second-order valence-electron chi connectivity index (χ2n) is 11.3. The minimum absolute atomic E-state index is 0.0463. The molecule has 0 bridgehead atoms. The van der Waals surface area contributed by atoms with Crippen LogP contribution in [0.1, 0.15) is 89.9 Å². The fraction of sp³-hybridized carbons (Fsp3) is 0.439. The van der Waals surface area contributed by atoms with Crippen LogP contribution in [0, 0.1) is 0 Å². The minimum atomic E-state index is -0.159. The number of rotatable bonds is 8. The maximum atomic E-state index is 12.4. The van der Waals surface area contributed by atoms with Gasteiger partial charge < -0.3 is 40.5 Å². The van der Waals surface area contributed by atoms with Crippen LogP contribution in [-0.4, -0.2) is 61.7 Å². The number of amides is 1. The Labute approximate surface area is 305 Å². The van der Waals surface area contributed by atoms with Gasteiger partial charge in [-0.15, -0.1) is 0 Å². The molecule has 10 heteroatoms. The first-order valence-corrected chi connectivity index (χ1v) is 18.0. The number of anilines is 1. The smallest absolute Gasteiger partial charge is 0.255 e. The number of pyridine rings is 1. The fourth-order valence-electron chi connectivity index (χ4n) is 5.01. The number of aromatic nitrogens is 1. The summed E-state index contributed by atoms with van der Waals surface area (Å²) in [7, 11) is 3.13. The minimum Gasteiger partial charge on any atom is -0.493 e. The highest BCUT2D eigenvalue weighted by atomic mass is 16.5. The molecular formula is C41H60N4O6. The third kappa shape index (κ3) is 16.4. The van der Waals surface area contributed by atoms with Gasteiger partial charge in [0, 0.05) is 34.9 Å². The molecule has 2 aliphatic rings. The van der Waals surface area contributed by atoms with Gasteiger partial charge in [-0.3, -0.25) is 9.78 Å². The van der Waals surface area contributed by atoms with Crippen LogP contribution >= 0.6 is 0 Å². The molecule has 3 aromatic carbocycles. The quantitative estimate of drug-likeness (QED) is 0.133. The van der Waals surface area contributed by atoms with Gasteiger partial charge in [0.1, 0.15) is 24.4 Å². The van der Waals surface area contributed by atoms with Gasteiger partial charge >= 0.3 is 0 Å². The van der Waals surface area contributed by atoms with E-state index in [1.165, 1.54) is 39.7 Å². The van der Waals surface area contributed by atoms with Crippen molar-refractivity contribution in [1.29, 1.82) is 0 Å². The van der Waals surface area contributed by atoms with Crippen molar-refractivity contribution in [3.63, 3.8) is 0 Å². The molecule has 0 unspecified atom stereocenters. The van der Waals surface area contributed by atoms with Gasteiger partial charge in [-0.25, -0.2) is 0 Å². The first kappa shape index (κ1) is 44.5. The van der Waals surface area contributed by atoms with Crippen LogP contribution in [0.25, 0.3) is 10.9 Å². The summed E-state index contributed by atoms with van der Waals surface area (Å²) in [5.74, 6) is 2.43. The summed E-state index contributed by atoms with van der Waals surface area (Å²) in [5.41, 5.74) is 6.54. The molecule has 2 fully saturated rings. The third-order valence-electron chi connectivity index (χ3n) is 7.29. The number of aldehydes is 1. The topological polar surface area (TPSA) is 145 Å². The van der Waals surface area contributed by atoms with Crippen LogP contribution in [0.5, 0.6) is 23.0 Å². The molecule has 6 rings (SSSR count). The maximum absolute atomic E-state index is 12.4. The maximum Gasteiger partial charge on any atom is 0.255 e. The third-order valence-corrected chi connectivity index (χ3v) is 7.29. The van der Waals surface area contributed by atoms with E-state index in [4.69, 9.17) is 24.1 Å². The number of aliphatic hydroxyl groups is 1. The highest BCUT2D eigenvalue weighted by Gasteiger charge is 2.17. The van der Waals surface area contributed by atoms with Crippen LogP contribution in [0.2, 0.25) is 0 Å². The molecule has 51 heavy (non-hydrogen) atoms. The zero-order valence-electron chi connectivity index (χ0n) is 31.6. The Morgan fingerprint density at radius 2 is 1.57 bits per heavy atom. The van der Waals surface area contributed by atoms with Crippen LogP contribution in [-0.2, 0) is 4.79 Å². The SMILES string of the molecule is CC.CC=O.CCC.CN.COc1cc2c(Oc3ccc(NC(=O)c4ccccc4)cc3)ccnc2cc1OC[C@@H]1CCCN1.OC1CCCC1. The number of hydrogen-bond acceptors (Lipinski definition) is 9. The largest absolute Gasteiger partial charge is 0.493 e. The fourth-order valence-corrected chi connectivity index (χ4v) is 5.01. The zero-order chi connectivity index (χ0) is 37.9. The van der Waals surface area contributed by atoms with E-state index in [2.05, 4.69) is 35.2 Å². The van der Waals surface area contributed by atoms with Crippen molar-refractivity contribution in [2.75, 3.05) is 32.6 Å². The van der Waals surface area contributed by atoms with Crippen molar-refractivity contribution in [2.24, 2.45) is 5.73 Å².